The van der Waals surface area contributed by atoms with Crippen LogP contribution in [0.1, 0.15) is 32.1 Å². The maximum atomic E-state index is 10.9. The Morgan fingerprint density at radius 3 is 2.20 bits per heavy atom. The molecule has 0 aliphatic carbocycles. The minimum Gasteiger partial charge on any atom is -0.481 e. The molecule has 0 saturated heterocycles. The maximum absolute atomic E-state index is 10.9. The Kier molecular flexibility index (Phi) is 6.78. The summed E-state index contributed by atoms with van der Waals surface area (Å²) in [6, 6.07) is 0. The smallest absolute Gasteiger partial charge is 0.313 e. The van der Waals surface area contributed by atoms with Gasteiger partial charge in [-0.1, -0.05) is 0 Å². The fourth-order valence-electron chi connectivity index (χ4n) is 0.790. The van der Waals surface area contributed by atoms with Gasteiger partial charge in [-0.05, 0) is 6.42 Å². The molecule has 0 rings (SSSR count). The Hall–Kier alpha value is -1.72. The largest absolute Gasteiger partial charge is 0.481 e. The molecule has 0 atom stereocenters. The number of hydrogen-bond donors (Lipinski definition) is 1. The molecule has 6 heteroatoms. The third kappa shape index (κ3) is 8.61. The lowest BCUT2D eigenvalue weighted by atomic mass is 10.2. The fraction of sp³-hybridized carbons (Fsp3) is 0.556. The summed E-state index contributed by atoms with van der Waals surface area (Å²) in [6.07, 6.45) is 0.317. The topological polar surface area (TPSA) is 97.7 Å². The number of rotatable bonds is 7. The SMILES string of the molecule is O=CCCC(=O)OC(=O)CCCC(=O)O. The van der Waals surface area contributed by atoms with Crippen molar-refractivity contribution in [3.63, 3.8) is 0 Å². The second kappa shape index (κ2) is 7.66. The van der Waals surface area contributed by atoms with Gasteiger partial charge in [-0.3, -0.25) is 14.4 Å². The molecule has 0 radical (unpaired) electrons. The molecule has 0 saturated carbocycles. The van der Waals surface area contributed by atoms with Crippen molar-refractivity contribution in [3.8, 4) is 0 Å². The summed E-state index contributed by atoms with van der Waals surface area (Å²) in [5.74, 6) is -2.52. The Bertz CT molecular complexity index is 257. The molecule has 84 valence electrons. The van der Waals surface area contributed by atoms with Crippen LogP contribution in [-0.2, 0) is 23.9 Å². The van der Waals surface area contributed by atoms with Gasteiger partial charge in [0.2, 0.25) is 0 Å². The number of esters is 2. The molecule has 0 unspecified atom stereocenters. The second-order valence-corrected chi connectivity index (χ2v) is 2.80. The first-order chi connectivity index (χ1) is 7.06. The summed E-state index contributed by atoms with van der Waals surface area (Å²) in [6.45, 7) is 0. The third-order valence-corrected chi connectivity index (χ3v) is 1.47. The van der Waals surface area contributed by atoms with Crippen LogP contribution in [0.3, 0.4) is 0 Å². The van der Waals surface area contributed by atoms with Gasteiger partial charge in [0.1, 0.15) is 6.29 Å². The standard InChI is InChI=1S/C9H12O6/c10-6-2-5-9(14)15-8(13)4-1-3-7(11)12/h6H,1-5H2,(H,11,12). The maximum Gasteiger partial charge on any atom is 0.313 e. The highest BCUT2D eigenvalue weighted by Gasteiger charge is 2.10. The Labute approximate surface area is 86.2 Å². The van der Waals surface area contributed by atoms with E-state index in [1.807, 2.05) is 0 Å². The normalized spacial score (nSPS) is 9.33. The first-order valence-electron chi connectivity index (χ1n) is 4.45. The predicted molar refractivity (Wildman–Crippen MR) is 47.9 cm³/mol. The van der Waals surface area contributed by atoms with Gasteiger partial charge in [-0.25, -0.2) is 0 Å². The molecule has 15 heavy (non-hydrogen) atoms. The number of ether oxygens (including phenoxy) is 1. The Morgan fingerprint density at radius 2 is 1.67 bits per heavy atom. The van der Waals surface area contributed by atoms with Crippen LogP contribution in [0.25, 0.3) is 0 Å². The molecule has 0 aromatic carbocycles. The van der Waals surface area contributed by atoms with E-state index in [1.54, 1.807) is 0 Å². The molecule has 0 aromatic rings. The lowest BCUT2D eigenvalue weighted by molar-refractivity contribution is -0.160. The van der Waals surface area contributed by atoms with E-state index in [2.05, 4.69) is 4.74 Å². The zero-order valence-electron chi connectivity index (χ0n) is 8.10. The van der Waals surface area contributed by atoms with Crippen molar-refractivity contribution in [3.05, 3.63) is 0 Å². The number of hydrogen-bond acceptors (Lipinski definition) is 5. The minimum absolute atomic E-state index is 0.0151. The molecule has 0 fully saturated rings. The van der Waals surface area contributed by atoms with Crippen LogP contribution in [0.15, 0.2) is 0 Å². The minimum atomic E-state index is -1.00. The fourth-order valence-corrected chi connectivity index (χ4v) is 0.790. The van der Waals surface area contributed by atoms with Gasteiger partial charge in [-0.2, -0.15) is 0 Å². The lowest BCUT2D eigenvalue weighted by Crippen LogP contribution is -2.12. The van der Waals surface area contributed by atoms with E-state index in [9.17, 15) is 19.2 Å². The van der Waals surface area contributed by atoms with Gasteiger partial charge in [-0.15, -0.1) is 0 Å². The number of aliphatic carboxylic acids is 1. The van der Waals surface area contributed by atoms with Gasteiger partial charge >= 0.3 is 17.9 Å². The Morgan fingerprint density at radius 1 is 1.07 bits per heavy atom. The van der Waals surface area contributed by atoms with E-state index >= 15 is 0 Å². The van der Waals surface area contributed by atoms with Crippen molar-refractivity contribution in [2.75, 3.05) is 0 Å². The number of carboxylic acid groups (broad SMARTS) is 1. The Balaban J connectivity index is 3.59. The molecule has 1 N–H and O–H groups in total. The summed E-state index contributed by atoms with van der Waals surface area (Å²) >= 11 is 0. The van der Waals surface area contributed by atoms with Crippen LogP contribution in [0.5, 0.6) is 0 Å². The van der Waals surface area contributed by atoms with Gasteiger partial charge in [0.25, 0.3) is 0 Å². The summed E-state index contributed by atoms with van der Waals surface area (Å²) in [4.78, 5) is 41.6. The van der Waals surface area contributed by atoms with Gasteiger partial charge in [0.15, 0.2) is 0 Å². The summed E-state index contributed by atoms with van der Waals surface area (Å²) in [7, 11) is 0. The highest BCUT2D eigenvalue weighted by atomic mass is 16.6. The number of carbonyl (C=O) groups excluding carboxylic acids is 3. The van der Waals surface area contributed by atoms with Crippen LogP contribution in [0, 0.1) is 0 Å². The van der Waals surface area contributed by atoms with E-state index in [0.717, 1.165) is 0 Å². The molecule has 6 nitrogen and oxygen atoms in total. The first-order valence-corrected chi connectivity index (χ1v) is 4.45. The summed E-state index contributed by atoms with van der Waals surface area (Å²) in [5, 5.41) is 8.27. The summed E-state index contributed by atoms with van der Waals surface area (Å²) < 4.78 is 4.30. The molecular formula is C9H12O6. The molecule has 0 aliphatic rings. The second-order valence-electron chi connectivity index (χ2n) is 2.80. The quantitative estimate of drug-likeness (QED) is 0.373. The zero-order chi connectivity index (χ0) is 11.7. The average molecular weight is 216 g/mol. The van der Waals surface area contributed by atoms with E-state index in [4.69, 9.17) is 5.11 Å². The van der Waals surface area contributed by atoms with Gasteiger partial charge < -0.3 is 14.6 Å². The summed E-state index contributed by atoms with van der Waals surface area (Å²) in [5.41, 5.74) is 0. The third-order valence-electron chi connectivity index (χ3n) is 1.47. The van der Waals surface area contributed by atoms with Crippen molar-refractivity contribution >= 4 is 24.2 Å². The highest BCUT2D eigenvalue weighted by Crippen LogP contribution is 1.99. The predicted octanol–water partition coefficient (Wildman–Crippen LogP) is 0.290. The van der Waals surface area contributed by atoms with Crippen molar-refractivity contribution < 1.29 is 29.0 Å². The molecule has 0 aromatic heterocycles. The van der Waals surface area contributed by atoms with Crippen molar-refractivity contribution in [2.24, 2.45) is 0 Å². The molecular weight excluding hydrogens is 204 g/mol. The molecule has 0 amide bonds. The van der Waals surface area contributed by atoms with Crippen molar-refractivity contribution in [2.45, 2.75) is 32.1 Å². The molecule has 0 aliphatic heterocycles. The van der Waals surface area contributed by atoms with Crippen molar-refractivity contribution in [1.29, 1.82) is 0 Å². The molecule has 0 spiro atoms. The number of aldehydes is 1. The number of carbonyl (C=O) groups is 4. The molecule has 0 heterocycles. The van der Waals surface area contributed by atoms with E-state index in [-0.39, 0.29) is 32.1 Å². The van der Waals surface area contributed by atoms with Crippen LogP contribution in [-0.4, -0.2) is 29.3 Å². The monoisotopic (exact) mass is 216 g/mol. The van der Waals surface area contributed by atoms with E-state index in [1.165, 1.54) is 0 Å². The average Bonchev–Trinajstić information content (AvgIpc) is 2.14. The lowest BCUT2D eigenvalue weighted by Gasteiger charge is -2.00. The van der Waals surface area contributed by atoms with Gasteiger partial charge in [0, 0.05) is 19.3 Å². The van der Waals surface area contributed by atoms with Crippen LogP contribution >= 0.6 is 0 Å². The van der Waals surface area contributed by atoms with E-state index in [0.29, 0.717) is 6.29 Å². The van der Waals surface area contributed by atoms with Crippen molar-refractivity contribution in [1.82, 2.24) is 0 Å². The van der Waals surface area contributed by atoms with E-state index < -0.39 is 17.9 Å². The highest BCUT2D eigenvalue weighted by molar-refractivity contribution is 5.86. The number of carboxylic acids is 1. The van der Waals surface area contributed by atoms with Crippen LogP contribution in [0.2, 0.25) is 0 Å². The van der Waals surface area contributed by atoms with Crippen LogP contribution in [0.4, 0.5) is 0 Å². The molecule has 0 bridgehead atoms. The zero-order valence-corrected chi connectivity index (χ0v) is 8.10. The van der Waals surface area contributed by atoms with Crippen LogP contribution < -0.4 is 0 Å². The first kappa shape index (κ1) is 13.3. The van der Waals surface area contributed by atoms with Gasteiger partial charge in [0.05, 0.1) is 6.42 Å².